The number of carbonyl (C=O) groups excluding carboxylic acids is 2. The highest BCUT2D eigenvalue weighted by Gasteiger charge is 2.33. The third-order valence-corrected chi connectivity index (χ3v) is 3.40. The van der Waals surface area contributed by atoms with Crippen molar-refractivity contribution in [2.45, 2.75) is 6.92 Å². The second-order valence-corrected chi connectivity index (χ2v) is 4.80. The molecular weight excluding hydrogens is 252 g/mol. The maximum atomic E-state index is 12.2. The summed E-state index contributed by atoms with van der Waals surface area (Å²) in [5.74, 6) is -1.36. The molecule has 0 fully saturated rings. The molecule has 20 heavy (non-hydrogen) atoms. The van der Waals surface area contributed by atoms with Crippen molar-refractivity contribution >= 4 is 22.9 Å². The van der Waals surface area contributed by atoms with E-state index in [1.807, 2.05) is 13.0 Å². The van der Waals surface area contributed by atoms with Crippen molar-refractivity contribution in [1.82, 2.24) is 0 Å². The summed E-state index contributed by atoms with van der Waals surface area (Å²) in [4.78, 5) is 24.4. The number of hydrogen-bond donors (Lipinski definition) is 1. The molecule has 0 radical (unpaired) electrons. The van der Waals surface area contributed by atoms with Gasteiger partial charge in [-0.15, -0.1) is 0 Å². The molecule has 0 aliphatic heterocycles. The fraction of sp³-hybridized carbons (Fsp3) is 0.0588. The first-order valence-electron chi connectivity index (χ1n) is 6.28. The van der Waals surface area contributed by atoms with Crippen LogP contribution in [0.1, 0.15) is 27.0 Å². The van der Waals surface area contributed by atoms with E-state index in [-0.39, 0.29) is 16.9 Å². The normalized spacial score (nSPS) is 14.4. The highest BCUT2D eigenvalue weighted by molar-refractivity contribution is 6.62. The molecule has 1 N–H and O–H groups in total. The lowest BCUT2D eigenvalue weighted by Crippen LogP contribution is -2.23. The van der Waals surface area contributed by atoms with E-state index in [0.29, 0.717) is 11.1 Å². The van der Waals surface area contributed by atoms with Gasteiger partial charge in [-0.25, -0.2) is 0 Å². The summed E-state index contributed by atoms with van der Waals surface area (Å²) >= 11 is 0. The molecule has 0 aromatic heterocycles. The Hall–Kier alpha value is -2.68. The van der Waals surface area contributed by atoms with Crippen LogP contribution < -0.4 is 0 Å². The summed E-state index contributed by atoms with van der Waals surface area (Å²) in [6.45, 7) is 1.89. The molecule has 0 unspecified atom stereocenters. The molecular formula is C17H12O3. The topological polar surface area (TPSA) is 54.4 Å². The van der Waals surface area contributed by atoms with Crippen LogP contribution in [0, 0.1) is 6.92 Å². The lowest BCUT2D eigenvalue weighted by atomic mass is 9.85. The maximum absolute atomic E-state index is 12.2. The highest BCUT2D eigenvalue weighted by atomic mass is 16.3. The Morgan fingerprint density at radius 2 is 1.55 bits per heavy atom. The van der Waals surface area contributed by atoms with Crippen molar-refractivity contribution in [3.05, 3.63) is 70.8 Å². The monoisotopic (exact) mass is 264 g/mol. The largest absolute Gasteiger partial charge is 0.506 e. The Labute approximate surface area is 116 Å². The molecule has 1 aliphatic rings. The SMILES string of the molecule is Cc1cccc(C2=C(O)c3ccccc3C(=O)C2=O)c1. The molecule has 3 rings (SSSR count). The molecule has 0 spiro atoms. The van der Waals surface area contributed by atoms with Gasteiger partial charge in [-0.05, 0) is 12.5 Å². The fourth-order valence-corrected chi connectivity index (χ4v) is 2.43. The van der Waals surface area contributed by atoms with Crippen molar-refractivity contribution in [3.63, 3.8) is 0 Å². The van der Waals surface area contributed by atoms with Gasteiger partial charge in [-0.1, -0.05) is 54.1 Å². The molecule has 1 aliphatic carbocycles. The summed E-state index contributed by atoms with van der Waals surface area (Å²) in [6.07, 6.45) is 0. The van der Waals surface area contributed by atoms with Gasteiger partial charge in [-0.2, -0.15) is 0 Å². The zero-order valence-corrected chi connectivity index (χ0v) is 10.9. The van der Waals surface area contributed by atoms with Gasteiger partial charge >= 0.3 is 0 Å². The fourth-order valence-electron chi connectivity index (χ4n) is 2.43. The number of hydrogen-bond acceptors (Lipinski definition) is 3. The lowest BCUT2D eigenvalue weighted by molar-refractivity contribution is -0.110. The molecule has 2 aromatic rings. The quantitative estimate of drug-likeness (QED) is 0.805. The van der Waals surface area contributed by atoms with Crippen LogP contribution in [0.2, 0.25) is 0 Å². The molecule has 3 nitrogen and oxygen atoms in total. The summed E-state index contributed by atoms with van der Waals surface area (Å²) in [7, 11) is 0. The Balaban J connectivity index is 2.30. The highest BCUT2D eigenvalue weighted by Crippen LogP contribution is 2.33. The molecule has 0 heterocycles. The van der Waals surface area contributed by atoms with Crippen LogP contribution in [0.25, 0.3) is 11.3 Å². The first kappa shape index (κ1) is 12.4. The number of fused-ring (bicyclic) bond motifs is 1. The van der Waals surface area contributed by atoms with Crippen LogP contribution in [-0.2, 0) is 4.79 Å². The second-order valence-electron chi connectivity index (χ2n) is 4.80. The van der Waals surface area contributed by atoms with Gasteiger partial charge in [0, 0.05) is 11.1 Å². The number of aryl methyl sites for hydroxylation is 1. The van der Waals surface area contributed by atoms with Gasteiger partial charge in [0.05, 0.1) is 5.57 Å². The molecule has 0 atom stereocenters. The van der Waals surface area contributed by atoms with Gasteiger partial charge in [0.25, 0.3) is 0 Å². The zero-order valence-electron chi connectivity index (χ0n) is 10.9. The molecule has 0 saturated heterocycles. The van der Waals surface area contributed by atoms with Crippen LogP contribution >= 0.6 is 0 Å². The zero-order chi connectivity index (χ0) is 14.3. The third kappa shape index (κ3) is 1.75. The summed E-state index contributed by atoms with van der Waals surface area (Å²) in [5, 5.41) is 10.4. The summed E-state index contributed by atoms with van der Waals surface area (Å²) in [5.41, 5.74) is 2.27. The van der Waals surface area contributed by atoms with Crippen LogP contribution in [0.4, 0.5) is 0 Å². The van der Waals surface area contributed by atoms with Gasteiger partial charge in [0.15, 0.2) is 0 Å². The minimum atomic E-state index is -0.660. The summed E-state index contributed by atoms with van der Waals surface area (Å²) < 4.78 is 0. The standard InChI is InChI=1S/C17H12O3/c1-10-5-4-6-11(9-10)14-15(18)12-7-2-3-8-13(12)16(19)17(14)20/h2-9,18H,1H3. The smallest absolute Gasteiger partial charge is 0.237 e. The van der Waals surface area contributed by atoms with Crippen molar-refractivity contribution in [2.75, 3.05) is 0 Å². The van der Waals surface area contributed by atoms with Crippen molar-refractivity contribution < 1.29 is 14.7 Å². The molecule has 0 amide bonds. The number of rotatable bonds is 1. The Kier molecular flexibility index (Phi) is 2.75. The van der Waals surface area contributed by atoms with E-state index in [4.69, 9.17) is 0 Å². The third-order valence-electron chi connectivity index (χ3n) is 3.40. The van der Waals surface area contributed by atoms with Crippen LogP contribution in [0.5, 0.6) is 0 Å². The number of aliphatic hydroxyl groups excluding tert-OH is 1. The van der Waals surface area contributed by atoms with E-state index in [1.54, 1.807) is 42.5 Å². The predicted octanol–water partition coefficient (Wildman–Crippen LogP) is 3.19. The molecule has 2 aromatic carbocycles. The molecule has 98 valence electrons. The van der Waals surface area contributed by atoms with Crippen LogP contribution in [-0.4, -0.2) is 16.7 Å². The van der Waals surface area contributed by atoms with E-state index in [1.165, 1.54) is 0 Å². The lowest BCUT2D eigenvalue weighted by Gasteiger charge is -2.18. The van der Waals surface area contributed by atoms with E-state index in [9.17, 15) is 14.7 Å². The average Bonchev–Trinajstić information content (AvgIpc) is 2.45. The first-order chi connectivity index (χ1) is 9.59. The number of carbonyl (C=O) groups is 2. The van der Waals surface area contributed by atoms with E-state index < -0.39 is 11.6 Å². The number of aliphatic hydroxyl groups is 1. The van der Waals surface area contributed by atoms with Gasteiger partial charge < -0.3 is 5.11 Å². The maximum Gasteiger partial charge on any atom is 0.237 e. The van der Waals surface area contributed by atoms with E-state index in [2.05, 4.69) is 0 Å². The number of allylic oxidation sites excluding steroid dienone is 1. The molecule has 3 heteroatoms. The van der Waals surface area contributed by atoms with Crippen molar-refractivity contribution in [2.24, 2.45) is 0 Å². The molecule has 0 bridgehead atoms. The van der Waals surface area contributed by atoms with E-state index >= 15 is 0 Å². The first-order valence-corrected chi connectivity index (χ1v) is 6.28. The van der Waals surface area contributed by atoms with Gasteiger partial charge in [0.1, 0.15) is 5.76 Å². The van der Waals surface area contributed by atoms with Crippen LogP contribution in [0.3, 0.4) is 0 Å². The number of ketones is 2. The van der Waals surface area contributed by atoms with Gasteiger partial charge in [-0.3, -0.25) is 9.59 Å². The Bertz CT molecular complexity index is 769. The molecule has 0 saturated carbocycles. The average molecular weight is 264 g/mol. The van der Waals surface area contributed by atoms with E-state index in [0.717, 1.165) is 5.56 Å². The Morgan fingerprint density at radius 1 is 0.850 bits per heavy atom. The van der Waals surface area contributed by atoms with Gasteiger partial charge in [0.2, 0.25) is 11.6 Å². The second kappa shape index (κ2) is 4.46. The minimum Gasteiger partial charge on any atom is -0.506 e. The van der Waals surface area contributed by atoms with Crippen molar-refractivity contribution in [1.29, 1.82) is 0 Å². The van der Waals surface area contributed by atoms with Crippen LogP contribution in [0.15, 0.2) is 48.5 Å². The number of Topliss-reactive ketones (excluding diaryl/α,β-unsaturated/α-hetero) is 2. The summed E-state index contributed by atoms with van der Waals surface area (Å²) in [6, 6.07) is 13.8. The predicted molar refractivity (Wildman–Crippen MR) is 76.4 cm³/mol. The number of benzene rings is 2. The van der Waals surface area contributed by atoms with Crippen molar-refractivity contribution in [3.8, 4) is 0 Å². The minimum absolute atomic E-state index is 0.0809. The Morgan fingerprint density at radius 3 is 2.25 bits per heavy atom.